The first-order valence-corrected chi connectivity index (χ1v) is 8.65. The van der Waals surface area contributed by atoms with Gasteiger partial charge in [0, 0.05) is 11.8 Å². The largest absolute Gasteiger partial charge is 0.482 e. The molecule has 0 fully saturated rings. The van der Waals surface area contributed by atoms with Crippen molar-refractivity contribution in [1.82, 2.24) is 15.0 Å². The lowest BCUT2D eigenvalue weighted by Crippen LogP contribution is -2.13. The molecular weight excluding hydrogens is 369 g/mol. The molecule has 3 rings (SSSR count). The van der Waals surface area contributed by atoms with E-state index in [0.29, 0.717) is 17.4 Å². The van der Waals surface area contributed by atoms with Crippen LogP contribution in [0, 0.1) is 12.7 Å². The van der Waals surface area contributed by atoms with Gasteiger partial charge in [-0.1, -0.05) is 24.3 Å². The van der Waals surface area contributed by atoms with Crippen molar-refractivity contribution >= 4 is 5.82 Å². The zero-order valence-corrected chi connectivity index (χ0v) is 15.4. The number of nitrogens with zero attached hydrogens (tertiary/aromatic N) is 3. The predicted molar refractivity (Wildman–Crippen MR) is 98.7 cm³/mol. The third-order valence-corrected chi connectivity index (χ3v) is 4.09. The van der Waals surface area contributed by atoms with Gasteiger partial charge < -0.3 is 10.1 Å². The highest BCUT2D eigenvalue weighted by molar-refractivity contribution is 5.50. The molecule has 3 aromatic rings. The molecule has 0 aliphatic rings. The standard InChI is InChI=1S/C20H19F3N4O/c1-12(15-7-5-8-16(18(15)21)19(22)23)26-20-17(10-25-13(2)27-20)28-11-14-6-3-4-9-24-14/h3-10,12,19H,11H2,1-2H3,(H,25,26,27)/t12-/m1/s1. The molecule has 0 radical (unpaired) electrons. The van der Waals surface area contributed by atoms with E-state index in [0.717, 1.165) is 11.8 Å². The van der Waals surface area contributed by atoms with Crippen LogP contribution in [-0.2, 0) is 6.61 Å². The van der Waals surface area contributed by atoms with Crippen LogP contribution >= 0.6 is 0 Å². The summed E-state index contributed by atoms with van der Waals surface area (Å²) in [5, 5.41) is 3.03. The van der Waals surface area contributed by atoms with E-state index in [-0.39, 0.29) is 12.2 Å². The van der Waals surface area contributed by atoms with Gasteiger partial charge in [0.05, 0.1) is 23.5 Å². The van der Waals surface area contributed by atoms with E-state index in [4.69, 9.17) is 4.74 Å². The molecule has 5 nitrogen and oxygen atoms in total. The van der Waals surface area contributed by atoms with E-state index < -0.39 is 23.8 Å². The Kier molecular flexibility index (Phi) is 6.08. The van der Waals surface area contributed by atoms with E-state index in [1.807, 2.05) is 12.1 Å². The van der Waals surface area contributed by atoms with Gasteiger partial charge in [-0.15, -0.1) is 0 Å². The first-order chi connectivity index (χ1) is 13.5. The number of hydrogen-bond acceptors (Lipinski definition) is 5. The fourth-order valence-corrected chi connectivity index (χ4v) is 2.66. The zero-order valence-electron chi connectivity index (χ0n) is 15.4. The van der Waals surface area contributed by atoms with Crippen LogP contribution in [0.15, 0.2) is 48.8 Å². The molecule has 0 saturated carbocycles. The van der Waals surface area contributed by atoms with Gasteiger partial charge in [-0.2, -0.15) is 0 Å². The number of benzene rings is 1. The Morgan fingerprint density at radius 1 is 1.07 bits per heavy atom. The van der Waals surface area contributed by atoms with Crippen molar-refractivity contribution in [3.05, 3.63) is 77.3 Å². The lowest BCUT2D eigenvalue weighted by Gasteiger charge is -2.19. The average molecular weight is 388 g/mol. The number of pyridine rings is 1. The Morgan fingerprint density at radius 2 is 1.86 bits per heavy atom. The summed E-state index contributed by atoms with van der Waals surface area (Å²) >= 11 is 0. The van der Waals surface area contributed by atoms with Gasteiger partial charge in [0.1, 0.15) is 18.2 Å². The number of nitrogens with one attached hydrogen (secondary N) is 1. The molecule has 0 amide bonds. The van der Waals surface area contributed by atoms with Crippen LogP contribution in [0.4, 0.5) is 19.0 Å². The topological polar surface area (TPSA) is 59.9 Å². The number of aryl methyl sites for hydroxylation is 1. The Bertz CT molecular complexity index is 938. The van der Waals surface area contributed by atoms with Crippen molar-refractivity contribution in [1.29, 1.82) is 0 Å². The third-order valence-electron chi connectivity index (χ3n) is 4.09. The van der Waals surface area contributed by atoms with Gasteiger partial charge in [-0.3, -0.25) is 4.98 Å². The van der Waals surface area contributed by atoms with Gasteiger partial charge in [0.2, 0.25) is 0 Å². The maximum absolute atomic E-state index is 14.4. The second-order valence-electron chi connectivity index (χ2n) is 6.16. The molecule has 8 heteroatoms. The van der Waals surface area contributed by atoms with Crippen molar-refractivity contribution in [2.45, 2.75) is 32.9 Å². The summed E-state index contributed by atoms with van der Waals surface area (Å²) in [6, 6.07) is 8.78. The molecule has 0 aliphatic heterocycles. The summed E-state index contributed by atoms with van der Waals surface area (Å²) in [6.07, 6.45) is 0.280. The number of alkyl halides is 2. The first kappa shape index (κ1) is 19.6. The summed E-state index contributed by atoms with van der Waals surface area (Å²) < 4.78 is 46.1. The molecule has 0 bridgehead atoms. The van der Waals surface area contributed by atoms with Crippen LogP contribution < -0.4 is 10.1 Å². The number of aromatic nitrogens is 3. The summed E-state index contributed by atoms with van der Waals surface area (Å²) in [7, 11) is 0. The van der Waals surface area contributed by atoms with Crippen LogP contribution in [-0.4, -0.2) is 15.0 Å². The van der Waals surface area contributed by atoms with E-state index in [1.54, 1.807) is 26.1 Å². The molecule has 0 aliphatic carbocycles. The maximum atomic E-state index is 14.4. The van der Waals surface area contributed by atoms with Gasteiger partial charge in [-0.05, 0) is 26.0 Å². The van der Waals surface area contributed by atoms with E-state index in [9.17, 15) is 13.2 Å². The predicted octanol–water partition coefficient (Wildman–Crippen LogP) is 5.01. The molecule has 2 heterocycles. The number of ether oxygens (including phenoxy) is 1. The summed E-state index contributed by atoms with van der Waals surface area (Å²) in [6.45, 7) is 3.57. The molecule has 1 aromatic carbocycles. The van der Waals surface area contributed by atoms with Crippen molar-refractivity contribution in [3.63, 3.8) is 0 Å². The van der Waals surface area contributed by atoms with Crippen molar-refractivity contribution in [2.24, 2.45) is 0 Å². The van der Waals surface area contributed by atoms with Crippen molar-refractivity contribution in [3.8, 4) is 5.75 Å². The molecule has 28 heavy (non-hydrogen) atoms. The second kappa shape index (κ2) is 8.69. The number of halogens is 3. The Hall–Kier alpha value is -3.16. The first-order valence-electron chi connectivity index (χ1n) is 8.65. The molecule has 0 unspecified atom stereocenters. The molecule has 1 N–H and O–H groups in total. The van der Waals surface area contributed by atoms with Crippen LogP contribution in [0.3, 0.4) is 0 Å². The number of anilines is 1. The molecule has 2 aromatic heterocycles. The Labute approximate surface area is 160 Å². The zero-order chi connectivity index (χ0) is 20.1. The van der Waals surface area contributed by atoms with Crippen LogP contribution in [0.2, 0.25) is 0 Å². The van der Waals surface area contributed by atoms with Crippen molar-refractivity contribution < 1.29 is 17.9 Å². The fraction of sp³-hybridized carbons (Fsp3) is 0.250. The van der Waals surface area contributed by atoms with Gasteiger partial charge in [0.15, 0.2) is 11.6 Å². The van der Waals surface area contributed by atoms with E-state index >= 15 is 0 Å². The highest BCUT2D eigenvalue weighted by atomic mass is 19.3. The van der Waals surface area contributed by atoms with Crippen LogP contribution in [0.25, 0.3) is 0 Å². The van der Waals surface area contributed by atoms with Gasteiger partial charge >= 0.3 is 0 Å². The monoisotopic (exact) mass is 388 g/mol. The van der Waals surface area contributed by atoms with Crippen molar-refractivity contribution in [2.75, 3.05) is 5.32 Å². The van der Waals surface area contributed by atoms with Crippen LogP contribution in [0.5, 0.6) is 5.75 Å². The normalized spacial score (nSPS) is 12.1. The SMILES string of the molecule is Cc1ncc(OCc2ccccn2)c(N[C@H](C)c2cccc(C(F)F)c2F)n1. The Morgan fingerprint density at radius 3 is 2.57 bits per heavy atom. The van der Waals surface area contributed by atoms with Crippen LogP contribution in [0.1, 0.15) is 42.0 Å². The average Bonchev–Trinajstić information content (AvgIpc) is 2.68. The summed E-state index contributed by atoms with van der Waals surface area (Å²) in [5.41, 5.74) is 0.208. The number of rotatable bonds is 7. The fourth-order valence-electron chi connectivity index (χ4n) is 2.66. The van der Waals surface area contributed by atoms with Gasteiger partial charge in [0.25, 0.3) is 6.43 Å². The van der Waals surface area contributed by atoms with E-state index in [1.165, 1.54) is 18.3 Å². The minimum atomic E-state index is -2.88. The minimum absolute atomic E-state index is 0.116. The second-order valence-corrected chi connectivity index (χ2v) is 6.16. The summed E-state index contributed by atoms with van der Waals surface area (Å²) in [5.74, 6) is 0.257. The Balaban J connectivity index is 1.81. The lowest BCUT2D eigenvalue weighted by molar-refractivity contribution is 0.146. The van der Waals surface area contributed by atoms with Gasteiger partial charge in [-0.25, -0.2) is 23.1 Å². The smallest absolute Gasteiger partial charge is 0.266 e. The quantitative estimate of drug-likeness (QED) is 0.617. The molecule has 0 spiro atoms. The highest BCUT2D eigenvalue weighted by Crippen LogP contribution is 2.31. The van der Waals surface area contributed by atoms with E-state index in [2.05, 4.69) is 20.3 Å². The molecule has 146 valence electrons. The molecular formula is C20H19F3N4O. The summed E-state index contributed by atoms with van der Waals surface area (Å²) in [4.78, 5) is 12.6. The minimum Gasteiger partial charge on any atom is -0.482 e. The highest BCUT2D eigenvalue weighted by Gasteiger charge is 2.20. The lowest BCUT2D eigenvalue weighted by atomic mass is 10.0. The third kappa shape index (κ3) is 4.57. The maximum Gasteiger partial charge on any atom is 0.266 e. The molecule has 0 saturated heterocycles. The molecule has 1 atom stereocenters. The number of hydrogen-bond donors (Lipinski definition) is 1.